The Morgan fingerprint density at radius 2 is 2.14 bits per heavy atom. The molecule has 0 aromatic carbocycles. The maximum Gasteiger partial charge on any atom is 0.182 e. The first-order valence-electron chi connectivity index (χ1n) is 4.45. The number of anilines is 1. The predicted molar refractivity (Wildman–Crippen MR) is 49.4 cm³/mol. The number of nitrogens with one attached hydrogen (secondary N) is 1. The van der Waals surface area contributed by atoms with Gasteiger partial charge in [-0.25, -0.2) is 9.97 Å². The zero-order chi connectivity index (χ0) is 9.97. The van der Waals surface area contributed by atoms with Gasteiger partial charge >= 0.3 is 0 Å². The molecule has 1 aliphatic carbocycles. The molecule has 1 aromatic heterocycles. The third kappa shape index (κ3) is 1.65. The fourth-order valence-electron chi connectivity index (χ4n) is 1.42. The van der Waals surface area contributed by atoms with Crippen LogP contribution in [0.3, 0.4) is 0 Å². The van der Waals surface area contributed by atoms with Gasteiger partial charge in [0.05, 0.1) is 6.10 Å². The second-order valence-electron chi connectivity index (χ2n) is 3.33. The van der Waals surface area contributed by atoms with Crippen LogP contribution in [0.5, 0.6) is 0 Å². The predicted octanol–water partition coefficient (Wildman–Crippen LogP) is 0.283. The van der Waals surface area contributed by atoms with Crippen molar-refractivity contribution in [1.82, 2.24) is 9.97 Å². The molecule has 5 nitrogen and oxygen atoms in total. The Morgan fingerprint density at radius 3 is 2.79 bits per heavy atom. The zero-order valence-corrected chi connectivity index (χ0v) is 7.51. The average molecular weight is 190 g/mol. The summed E-state index contributed by atoms with van der Waals surface area (Å²) in [5.74, 6) is 0.506. The smallest absolute Gasteiger partial charge is 0.182 e. The van der Waals surface area contributed by atoms with Crippen molar-refractivity contribution < 1.29 is 5.11 Å². The highest BCUT2D eigenvalue weighted by molar-refractivity contribution is 5.47. The van der Waals surface area contributed by atoms with Crippen molar-refractivity contribution in [2.24, 2.45) is 0 Å². The minimum Gasteiger partial charge on any atom is -0.393 e. The lowest BCUT2D eigenvalue weighted by Crippen LogP contribution is -2.39. The van der Waals surface area contributed by atoms with Crippen LogP contribution in [0.1, 0.15) is 18.5 Å². The minimum absolute atomic E-state index is 0.213. The summed E-state index contributed by atoms with van der Waals surface area (Å²) in [6, 6.07) is 2.18. The highest BCUT2D eigenvalue weighted by atomic mass is 16.3. The molecule has 0 saturated heterocycles. The normalized spacial score (nSPS) is 24.9. The second-order valence-corrected chi connectivity index (χ2v) is 3.33. The number of aliphatic hydroxyl groups excluding tert-OH is 1. The first-order chi connectivity index (χ1) is 6.79. The maximum atomic E-state index is 9.08. The molecule has 0 aliphatic heterocycles. The van der Waals surface area contributed by atoms with E-state index < -0.39 is 0 Å². The summed E-state index contributed by atoms with van der Waals surface area (Å²) in [7, 11) is 0. The molecule has 1 saturated carbocycles. The largest absolute Gasteiger partial charge is 0.393 e. The topological polar surface area (TPSA) is 81.8 Å². The standard InChI is InChI=1S/C9H10N4O/c10-5-8-9(12-2-1-11-8)13-6-3-7(14)4-6/h1-2,6-7,14H,3-4H2,(H,12,13). The van der Waals surface area contributed by atoms with Crippen LogP contribution in [-0.2, 0) is 0 Å². The van der Waals surface area contributed by atoms with Gasteiger partial charge in [-0.2, -0.15) is 5.26 Å². The molecule has 0 radical (unpaired) electrons. The molecule has 1 fully saturated rings. The maximum absolute atomic E-state index is 9.08. The number of aromatic nitrogens is 2. The van der Waals surface area contributed by atoms with E-state index in [4.69, 9.17) is 10.4 Å². The van der Waals surface area contributed by atoms with Crippen molar-refractivity contribution >= 4 is 5.82 Å². The van der Waals surface area contributed by atoms with Crippen LogP contribution < -0.4 is 5.32 Å². The van der Waals surface area contributed by atoms with Crippen LogP contribution >= 0.6 is 0 Å². The number of aliphatic hydroxyl groups is 1. The van der Waals surface area contributed by atoms with E-state index in [9.17, 15) is 0 Å². The van der Waals surface area contributed by atoms with Crippen molar-refractivity contribution in [2.45, 2.75) is 25.0 Å². The third-order valence-electron chi connectivity index (χ3n) is 2.26. The van der Waals surface area contributed by atoms with Gasteiger partial charge in [0.1, 0.15) is 6.07 Å². The van der Waals surface area contributed by atoms with Crippen molar-refractivity contribution in [1.29, 1.82) is 5.26 Å². The molecular weight excluding hydrogens is 180 g/mol. The molecule has 1 heterocycles. The summed E-state index contributed by atoms with van der Waals surface area (Å²) >= 11 is 0. The Morgan fingerprint density at radius 1 is 1.43 bits per heavy atom. The Labute approximate surface area is 81.4 Å². The van der Waals surface area contributed by atoms with E-state index in [1.807, 2.05) is 6.07 Å². The van der Waals surface area contributed by atoms with Crippen molar-refractivity contribution in [2.75, 3.05) is 5.32 Å². The summed E-state index contributed by atoms with van der Waals surface area (Å²) in [5, 5.41) is 20.9. The van der Waals surface area contributed by atoms with E-state index >= 15 is 0 Å². The van der Waals surface area contributed by atoms with Gasteiger partial charge < -0.3 is 10.4 Å². The summed E-state index contributed by atoms with van der Waals surface area (Å²) < 4.78 is 0. The van der Waals surface area contributed by atoms with E-state index in [2.05, 4.69) is 15.3 Å². The molecule has 0 atom stereocenters. The van der Waals surface area contributed by atoms with Crippen molar-refractivity contribution in [3.8, 4) is 6.07 Å². The highest BCUT2D eigenvalue weighted by Gasteiger charge is 2.27. The Hall–Kier alpha value is -1.67. The van der Waals surface area contributed by atoms with Gasteiger partial charge in [0.15, 0.2) is 11.5 Å². The number of nitrogens with zero attached hydrogens (tertiary/aromatic N) is 3. The zero-order valence-electron chi connectivity index (χ0n) is 7.51. The van der Waals surface area contributed by atoms with Gasteiger partial charge in [-0.1, -0.05) is 0 Å². The quantitative estimate of drug-likeness (QED) is 0.700. The number of hydrogen-bond donors (Lipinski definition) is 2. The Balaban J connectivity index is 2.06. The molecule has 0 unspecified atom stereocenters. The van der Waals surface area contributed by atoms with Gasteiger partial charge in [0.25, 0.3) is 0 Å². The first-order valence-corrected chi connectivity index (χ1v) is 4.45. The molecule has 0 bridgehead atoms. The van der Waals surface area contributed by atoms with Gasteiger partial charge in [0, 0.05) is 18.4 Å². The van der Waals surface area contributed by atoms with E-state index in [1.165, 1.54) is 12.4 Å². The van der Waals surface area contributed by atoms with Gasteiger partial charge in [0.2, 0.25) is 0 Å². The number of nitriles is 1. The molecule has 0 spiro atoms. The summed E-state index contributed by atoms with van der Waals surface area (Å²) in [4.78, 5) is 7.90. The van der Waals surface area contributed by atoms with Crippen LogP contribution in [0.4, 0.5) is 5.82 Å². The van der Waals surface area contributed by atoms with Crippen molar-refractivity contribution in [3.05, 3.63) is 18.1 Å². The molecule has 1 aliphatic rings. The Kier molecular flexibility index (Phi) is 2.29. The molecule has 5 heteroatoms. The van der Waals surface area contributed by atoms with Gasteiger partial charge in [-0.3, -0.25) is 0 Å². The van der Waals surface area contributed by atoms with Crippen LogP contribution in [0.15, 0.2) is 12.4 Å². The van der Waals surface area contributed by atoms with E-state index in [0.29, 0.717) is 24.4 Å². The lowest BCUT2D eigenvalue weighted by Gasteiger charge is -2.32. The summed E-state index contributed by atoms with van der Waals surface area (Å²) in [6.07, 6.45) is 4.23. The van der Waals surface area contributed by atoms with E-state index in [0.717, 1.165) is 0 Å². The molecule has 2 N–H and O–H groups in total. The van der Waals surface area contributed by atoms with E-state index in [-0.39, 0.29) is 12.1 Å². The molecule has 2 rings (SSSR count). The SMILES string of the molecule is N#Cc1nccnc1NC1CC(O)C1. The van der Waals surface area contributed by atoms with Gasteiger partial charge in [-0.15, -0.1) is 0 Å². The second kappa shape index (κ2) is 3.60. The molecule has 1 aromatic rings. The molecular formula is C9H10N4O. The van der Waals surface area contributed by atoms with Crippen LogP contribution in [-0.4, -0.2) is 27.2 Å². The summed E-state index contributed by atoms with van der Waals surface area (Å²) in [6.45, 7) is 0. The molecule has 72 valence electrons. The highest BCUT2D eigenvalue weighted by Crippen LogP contribution is 2.23. The summed E-state index contributed by atoms with van der Waals surface area (Å²) in [5.41, 5.74) is 0.300. The van der Waals surface area contributed by atoms with E-state index in [1.54, 1.807) is 0 Å². The van der Waals surface area contributed by atoms with Gasteiger partial charge in [-0.05, 0) is 12.8 Å². The lowest BCUT2D eigenvalue weighted by molar-refractivity contribution is 0.0835. The third-order valence-corrected chi connectivity index (χ3v) is 2.26. The number of hydrogen-bond acceptors (Lipinski definition) is 5. The first kappa shape index (κ1) is 8.91. The van der Waals surface area contributed by atoms with Crippen LogP contribution in [0.2, 0.25) is 0 Å². The minimum atomic E-state index is -0.213. The monoisotopic (exact) mass is 190 g/mol. The van der Waals surface area contributed by atoms with Crippen molar-refractivity contribution in [3.63, 3.8) is 0 Å². The fourth-order valence-corrected chi connectivity index (χ4v) is 1.42. The lowest BCUT2D eigenvalue weighted by atomic mass is 9.89. The van der Waals surface area contributed by atoms with Crippen LogP contribution in [0, 0.1) is 11.3 Å². The fraction of sp³-hybridized carbons (Fsp3) is 0.444. The number of rotatable bonds is 2. The molecule has 14 heavy (non-hydrogen) atoms. The average Bonchev–Trinajstić information content (AvgIpc) is 2.16. The molecule has 0 amide bonds. The Bertz CT molecular complexity index is 367. The van der Waals surface area contributed by atoms with Crippen LogP contribution in [0.25, 0.3) is 0 Å².